The number of fused-ring (bicyclic) bond motifs is 1. The number of rotatable bonds is 5. The van der Waals surface area contributed by atoms with Crippen molar-refractivity contribution in [1.82, 2.24) is 19.7 Å². The van der Waals surface area contributed by atoms with Crippen LogP contribution in [0.15, 0.2) is 54.9 Å². The summed E-state index contributed by atoms with van der Waals surface area (Å²) in [6.07, 6.45) is 8.81. The number of aryl methyl sites for hydroxylation is 2. The molecule has 5 nitrogen and oxygen atoms in total. The van der Waals surface area contributed by atoms with Gasteiger partial charge in [-0.25, -0.2) is 0 Å². The second-order valence-electron chi connectivity index (χ2n) is 6.95. The molecule has 0 aliphatic carbocycles. The summed E-state index contributed by atoms with van der Waals surface area (Å²) in [7, 11) is 1.93. The Labute approximate surface area is 159 Å². The third-order valence-corrected chi connectivity index (χ3v) is 4.82. The van der Waals surface area contributed by atoms with Crippen LogP contribution in [-0.2, 0) is 26.6 Å². The van der Waals surface area contributed by atoms with Gasteiger partial charge in [-0.2, -0.15) is 5.10 Å². The zero-order chi connectivity index (χ0) is 18.8. The van der Waals surface area contributed by atoms with Gasteiger partial charge in [0.05, 0.1) is 23.5 Å². The molecular formula is C22H22N4O. The number of hydrogen-bond acceptors (Lipinski definition) is 3. The highest BCUT2D eigenvalue weighted by molar-refractivity contribution is 5.97. The Balaban J connectivity index is 1.37. The number of benzene rings is 1. The molecule has 3 heterocycles. The average molecular weight is 358 g/mol. The number of pyridine rings is 1. The molecule has 5 heteroatoms. The van der Waals surface area contributed by atoms with Crippen LogP contribution < -0.4 is 0 Å². The third-order valence-electron chi connectivity index (χ3n) is 4.82. The summed E-state index contributed by atoms with van der Waals surface area (Å²) in [5.74, 6) is 0.0656. The van der Waals surface area contributed by atoms with Gasteiger partial charge in [-0.15, -0.1) is 0 Å². The van der Waals surface area contributed by atoms with Gasteiger partial charge >= 0.3 is 0 Å². The molecule has 4 rings (SSSR count). The Kier molecular flexibility index (Phi) is 4.59. The minimum absolute atomic E-state index is 0.0656. The first-order valence-electron chi connectivity index (χ1n) is 9.08. The monoisotopic (exact) mass is 358 g/mol. The number of aromatic nitrogens is 3. The highest BCUT2D eigenvalue weighted by Gasteiger charge is 2.27. The maximum atomic E-state index is 12.4. The Bertz CT molecular complexity index is 1000. The molecule has 0 saturated heterocycles. The number of nitrogens with zero attached hydrogens (tertiary/aromatic N) is 4. The summed E-state index contributed by atoms with van der Waals surface area (Å²) in [5.41, 5.74) is 6.15. The topological polar surface area (TPSA) is 51.0 Å². The van der Waals surface area contributed by atoms with E-state index in [0.717, 1.165) is 28.9 Å². The van der Waals surface area contributed by atoms with E-state index in [0.29, 0.717) is 13.1 Å². The Hall–Kier alpha value is -3.21. The van der Waals surface area contributed by atoms with Crippen LogP contribution in [0.3, 0.4) is 0 Å². The molecule has 0 radical (unpaired) electrons. The lowest BCUT2D eigenvalue weighted by Crippen LogP contribution is -2.23. The van der Waals surface area contributed by atoms with E-state index in [9.17, 15) is 4.79 Å². The number of carbonyl (C=O) groups is 1. The maximum Gasteiger partial charge on any atom is 0.256 e. The molecule has 0 N–H and O–H groups in total. The van der Waals surface area contributed by atoms with E-state index in [1.165, 1.54) is 11.1 Å². The average Bonchev–Trinajstić information content (AvgIpc) is 3.15. The second-order valence-corrected chi connectivity index (χ2v) is 6.95. The standard InChI is InChI=1S/C22H22N4O/c1-16-13-25(2)24-20(16)7-3-5-17-8-10-18(11-9-17)14-26-15-21-19(22(26)27)6-4-12-23-21/h3-4,6-13H,5,14-15H2,1-2H3/b7-3-. The molecule has 0 bridgehead atoms. The van der Waals surface area contributed by atoms with E-state index >= 15 is 0 Å². The lowest BCUT2D eigenvalue weighted by molar-refractivity contribution is 0.0766. The Morgan fingerprint density at radius 2 is 1.93 bits per heavy atom. The smallest absolute Gasteiger partial charge is 0.256 e. The summed E-state index contributed by atoms with van der Waals surface area (Å²) < 4.78 is 1.83. The van der Waals surface area contributed by atoms with Crippen LogP contribution in [-0.4, -0.2) is 25.6 Å². The molecular weight excluding hydrogens is 336 g/mol. The van der Waals surface area contributed by atoms with Gasteiger partial charge in [0, 0.05) is 26.0 Å². The molecule has 1 aliphatic rings. The predicted molar refractivity (Wildman–Crippen MR) is 105 cm³/mol. The second kappa shape index (κ2) is 7.19. The summed E-state index contributed by atoms with van der Waals surface area (Å²) in [5, 5.41) is 4.42. The Morgan fingerprint density at radius 1 is 1.15 bits per heavy atom. The number of carbonyl (C=O) groups excluding carboxylic acids is 1. The number of hydrogen-bond donors (Lipinski definition) is 0. The molecule has 136 valence electrons. The summed E-state index contributed by atoms with van der Waals surface area (Å²) in [6.45, 7) is 3.26. The molecule has 0 unspecified atom stereocenters. The van der Waals surface area contributed by atoms with E-state index in [2.05, 4.69) is 53.4 Å². The molecule has 1 aromatic carbocycles. The van der Waals surface area contributed by atoms with E-state index in [4.69, 9.17) is 0 Å². The van der Waals surface area contributed by atoms with Crippen molar-refractivity contribution in [2.75, 3.05) is 0 Å². The minimum atomic E-state index is 0.0656. The van der Waals surface area contributed by atoms with Gasteiger partial charge in [-0.1, -0.05) is 30.3 Å². The van der Waals surface area contributed by atoms with E-state index in [1.54, 1.807) is 6.20 Å². The van der Waals surface area contributed by atoms with Crippen molar-refractivity contribution in [3.05, 3.63) is 88.5 Å². The van der Waals surface area contributed by atoms with Gasteiger partial charge in [0.2, 0.25) is 0 Å². The third kappa shape index (κ3) is 3.67. The maximum absolute atomic E-state index is 12.4. The molecule has 1 aliphatic heterocycles. The van der Waals surface area contributed by atoms with Gasteiger partial charge in [0.15, 0.2) is 0 Å². The summed E-state index contributed by atoms with van der Waals surface area (Å²) in [4.78, 5) is 18.6. The summed E-state index contributed by atoms with van der Waals surface area (Å²) in [6, 6.07) is 12.1. The normalized spacial score (nSPS) is 13.6. The highest BCUT2D eigenvalue weighted by atomic mass is 16.2. The molecule has 1 amide bonds. The van der Waals surface area contributed by atoms with Crippen molar-refractivity contribution < 1.29 is 4.79 Å². The molecule has 0 spiro atoms. The molecule has 0 atom stereocenters. The lowest BCUT2D eigenvalue weighted by Gasteiger charge is -2.15. The first-order chi connectivity index (χ1) is 13.1. The van der Waals surface area contributed by atoms with Crippen molar-refractivity contribution in [3.63, 3.8) is 0 Å². The van der Waals surface area contributed by atoms with Crippen LogP contribution in [0.2, 0.25) is 0 Å². The van der Waals surface area contributed by atoms with Crippen molar-refractivity contribution in [2.24, 2.45) is 7.05 Å². The Morgan fingerprint density at radius 3 is 2.63 bits per heavy atom. The van der Waals surface area contributed by atoms with Gasteiger partial charge in [0.1, 0.15) is 0 Å². The van der Waals surface area contributed by atoms with Gasteiger partial charge in [0.25, 0.3) is 5.91 Å². The quantitative estimate of drug-likeness (QED) is 0.701. The first kappa shape index (κ1) is 17.2. The van der Waals surface area contributed by atoms with Crippen LogP contribution in [0, 0.1) is 6.92 Å². The van der Waals surface area contributed by atoms with Crippen LogP contribution in [0.1, 0.15) is 38.4 Å². The predicted octanol–water partition coefficient (Wildman–Crippen LogP) is 3.54. The van der Waals surface area contributed by atoms with Gasteiger partial charge in [-0.05, 0) is 48.2 Å². The fraction of sp³-hybridized carbons (Fsp3) is 0.227. The van der Waals surface area contributed by atoms with Crippen LogP contribution in [0.5, 0.6) is 0 Å². The van der Waals surface area contributed by atoms with E-state index < -0.39 is 0 Å². The van der Waals surface area contributed by atoms with Gasteiger partial charge < -0.3 is 4.90 Å². The minimum Gasteiger partial charge on any atom is -0.328 e. The molecule has 2 aromatic heterocycles. The molecule has 3 aromatic rings. The van der Waals surface area contributed by atoms with Crippen molar-refractivity contribution in [3.8, 4) is 0 Å². The van der Waals surface area contributed by atoms with Crippen molar-refractivity contribution >= 4 is 12.0 Å². The number of amides is 1. The van der Waals surface area contributed by atoms with Gasteiger partial charge in [-0.3, -0.25) is 14.5 Å². The zero-order valence-electron chi connectivity index (χ0n) is 15.6. The zero-order valence-corrected chi connectivity index (χ0v) is 15.6. The lowest BCUT2D eigenvalue weighted by atomic mass is 10.1. The molecule has 0 saturated carbocycles. The first-order valence-corrected chi connectivity index (χ1v) is 9.08. The summed E-state index contributed by atoms with van der Waals surface area (Å²) >= 11 is 0. The van der Waals surface area contributed by atoms with Crippen molar-refractivity contribution in [1.29, 1.82) is 0 Å². The van der Waals surface area contributed by atoms with E-state index in [1.807, 2.05) is 35.0 Å². The fourth-order valence-corrected chi connectivity index (χ4v) is 3.41. The van der Waals surface area contributed by atoms with E-state index in [-0.39, 0.29) is 5.91 Å². The van der Waals surface area contributed by atoms with Crippen LogP contribution in [0.25, 0.3) is 6.08 Å². The fourth-order valence-electron chi connectivity index (χ4n) is 3.41. The van der Waals surface area contributed by atoms with Crippen molar-refractivity contribution in [2.45, 2.75) is 26.4 Å². The molecule has 0 fully saturated rings. The van der Waals surface area contributed by atoms with Crippen LogP contribution in [0.4, 0.5) is 0 Å². The highest BCUT2D eigenvalue weighted by Crippen LogP contribution is 2.22. The van der Waals surface area contributed by atoms with Crippen LogP contribution >= 0.6 is 0 Å². The SMILES string of the molecule is Cc1cn(C)nc1/C=C\Cc1ccc(CN2Cc3ncccc3C2=O)cc1. The molecule has 27 heavy (non-hydrogen) atoms. The largest absolute Gasteiger partial charge is 0.328 e. The number of allylic oxidation sites excluding steroid dienone is 1.